The molecule has 2 fully saturated rings. The van der Waals surface area contributed by atoms with Gasteiger partial charge in [-0.05, 0) is 84.0 Å². The summed E-state index contributed by atoms with van der Waals surface area (Å²) in [6.45, 7) is 14.5. The molecule has 31 heavy (non-hydrogen) atoms. The van der Waals surface area contributed by atoms with Gasteiger partial charge in [-0.3, -0.25) is 14.6 Å². The summed E-state index contributed by atoms with van der Waals surface area (Å²) in [6.07, 6.45) is 12.3. The Balaban J connectivity index is 1.44. The van der Waals surface area contributed by atoms with Gasteiger partial charge in [0.1, 0.15) is 0 Å². The van der Waals surface area contributed by atoms with Crippen molar-refractivity contribution in [2.75, 3.05) is 19.6 Å². The van der Waals surface area contributed by atoms with E-state index in [4.69, 9.17) is 5.10 Å². The van der Waals surface area contributed by atoms with Crippen LogP contribution in [0.15, 0.2) is 24.5 Å². The summed E-state index contributed by atoms with van der Waals surface area (Å²) in [5, 5.41) is 4.84. The molecule has 0 unspecified atom stereocenters. The molecule has 1 saturated heterocycles. The average molecular weight is 424 g/mol. The van der Waals surface area contributed by atoms with Crippen LogP contribution < -0.4 is 0 Å². The Morgan fingerprint density at radius 3 is 2.42 bits per heavy atom. The number of rotatable bonds is 8. The smallest absolute Gasteiger partial charge is 0.0641 e. The maximum absolute atomic E-state index is 4.84. The molecule has 1 aliphatic carbocycles. The van der Waals surface area contributed by atoms with Crippen molar-refractivity contribution in [1.82, 2.24) is 24.6 Å². The molecule has 0 spiro atoms. The molecule has 0 bridgehead atoms. The lowest BCUT2D eigenvalue weighted by molar-refractivity contribution is 0.106. The van der Waals surface area contributed by atoms with Crippen LogP contribution in [0.5, 0.6) is 0 Å². The number of hydrogen-bond donors (Lipinski definition) is 0. The molecule has 0 atom stereocenters. The van der Waals surface area contributed by atoms with Crippen LogP contribution in [-0.2, 0) is 13.1 Å². The van der Waals surface area contributed by atoms with Gasteiger partial charge in [0.25, 0.3) is 0 Å². The molecule has 5 nitrogen and oxygen atoms in total. The van der Waals surface area contributed by atoms with Crippen molar-refractivity contribution in [1.29, 1.82) is 0 Å². The molecule has 0 amide bonds. The number of likely N-dealkylation sites (tertiary alicyclic amines) is 1. The summed E-state index contributed by atoms with van der Waals surface area (Å²) < 4.78 is 2.19. The van der Waals surface area contributed by atoms with Gasteiger partial charge in [-0.15, -0.1) is 0 Å². The van der Waals surface area contributed by atoms with E-state index in [9.17, 15) is 0 Å². The van der Waals surface area contributed by atoms with Gasteiger partial charge in [0, 0.05) is 55.4 Å². The van der Waals surface area contributed by atoms with Crippen LogP contribution in [0.1, 0.15) is 80.9 Å². The molecule has 0 N–H and O–H groups in total. The summed E-state index contributed by atoms with van der Waals surface area (Å²) in [5.41, 5.74) is 5.21. The minimum absolute atomic E-state index is 0.402. The van der Waals surface area contributed by atoms with E-state index < -0.39 is 0 Å². The van der Waals surface area contributed by atoms with Crippen molar-refractivity contribution >= 4 is 0 Å². The van der Waals surface area contributed by atoms with Gasteiger partial charge in [0.2, 0.25) is 0 Å². The van der Waals surface area contributed by atoms with Crippen molar-refractivity contribution in [2.24, 2.45) is 5.92 Å². The highest BCUT2D eigenvalue weighted by Gasteiger charge is 2.28. The average Bonchev–Trinajstić information content (AvgIpc) is 3.39. The lowest BCUT2D eigenvalue weighted by Gasteiger charge is -2.38. The third kappa shape index (κ3) is 5.56. The van der Waals surface area contributed by atoms with Gasteiger partial charge in [-0.2, -0.15) is 5.10 Å². The molecular formula is C26H41N5. The maximum Gasteiger partial charge on any atom is 0.0641 e. The lowest BCUT2D eigenvalue weighted by Crippen LogP contribution is -2.42. The number of hydrogen-bond acceptors (Lipinski definition) is 4. The van der Waals surface area contributed by atoms with Crippen LogP contribution in [0, 0.1) is 19.8 Å². The summed E-state index contributed by atoms with van der Waals surface area (Å²) in [7, 11) is 0. The Labute approximate surface area is 188 Å². The fourth-order valence-electron chi connectivity index (χ4n) is 5.72. The van der Waals surface area contributed by atoms with Gasteiger partial charge in [0.05, 0.1) is 5.69 Å². The first-order valence-corrected chi connectivity index (χ1v) is 12.4. The van der Waals surface area contributed by atoms with E-state index in [0.29, 0.717) is 6.04 Å². The molecule has 1 saturated carbocycles. The number of nitrogens with zero attached hydrogens (tertiary/aromatic N) is 5. The zero-order valence-electron chi connectivity index (χ0n) is 20.1. The van der Waals surface area contributed by atoms with Crippen LogP contribution in [0.4, 0.5) is 0 Å². The topological polar surface area (TPSA) is 37.2 Å². The molecule has 1 aliphatic heterocycles. The van der Waals surface area contributed by atoms with E-state index >= 15 is 0 Å². The summed E-state index contributed by atoms with van der Waals surface area (Å²) in [6, 6.07) is 5.54. The van der Waals surface area contributed by atoms with Gasteiger partial charge in [-0.1, -0.05) is 18.9 Å². The molecule has 4 rings (SSSR count). The molecule has 5 heteroatoms. The first-order valence-electron chi connectivity index (χ1n) is 12.4. The maximum atomic E-state index is 4.84. The number of aromatic nitrogens is 3. The zero-order chi connectivity index (χ0) is 21.8. The Bertz CT molecular complexity index is 814. The predicted molar refractivity (Wildman–Crippen MR) is 127 cm³/mol. The van der Waals surface area contributed by atoms with E-state index in [1.807, 2.05) is 12.4 Å². The molecule has 2 aromatic rings. The van der Waals surface area contributed by atoms with Crippen LogP contribution in [-0.4, -0.2) is 50.2 Å². The Morgan fingerprint density at radius 2 is 1.81 bits per heavy atom. The van der Waals surface area contributed by atoms with Crippen molar-refractivity contribution in [3.8, 4) is 0 Å². The molecule has 0 aromatic carbocycles. The van der Waals surface area contributed by atoms with Gasteiger partial charge < -0.3 is 4.90 Å². The Hall–Kier alpha value is -1.72. The number of aryl methyl sites for hydroxylation is 1. The van der Waals surface area contributed by atoms with Gasteiger partial charge in [-0.25, -0.2) is 0 Å². The largest absolute Gasteiger partial charge is 0.300 e. The van der Waals surface area contributed by atoms with E-state index in [0.717, 1.165) is 25.0 Å². The third-order valence-corrected chi connectivity index (χ3v) is 7.48. The van der Waals surface area contributed by atoms with Crippen molar-refractivity contribution in [3.63, 3.8) is 0 Å². The molecular weight excluding hydrogens is 382 g/mol. The molecule has 0 radical (unpaired) electrons. The molecule has 2 aliphatic rings. The van der Waals surface area contributed by atoms with E-state index in [1.165, 1.54) is 80.7 Å². The van der Waals surface area contributed by atoms with Gasteiger partial charge in [0.15, 0.2) is 0 Å². The summed E-state index contributed by atoms with van der Waals surface area (Å²) in [4.78, 5) is 9.79. The monoisotopic (exact) mass is 423 g/mol. The molecule has 170 valence electrons. The van der Waals surface area contributed by atoms with Crippen LogP contribution in [0.2, 0.25) is 0 Å². The third-order valence-electron chi connectivity index (χ3n) is 7.48. The van der Waals surface area contributed by atoms with Crippen molar-refractivity contribution < 1.29 is 0 Å². The molecule has 3 heterocycles. The SMILES string of the molecule is Cc1nn(C(C)C)c(C)c1CN(Cc1cccnc1)CC1CCN(C2CCCC2)CC1. The number of piperidine rings is 1. The Morgan fingerprint density at radius 1 is 1.06 bits per heavy atom. The number of pyridine rings is 1. The highest BCUT2D eigenvalue weighted by atomic mass is 15.3. The van der Waals surface area contributed by atoms with Crippen molar-refractivity contribution in [3.05, 3.63) is 47.0 Å². The first-order chi connectivity index (χ1) is 15.0. The fourth-order valence-corrected chi connectivity index (χ4v) is 5.72. The summed E-state index contributed by atoms with van der Waals surface area (Å²) in [5.74, 6) is 0.787. The second-order valence-electron chi connectivity index (χ2n) is 10.1. The van der Waals surface area contributed by atoms with E-state index in [1.54, 1.807) is 0 Å². The zero-order valence-corrected chi connectivity index (χ0v) is 20.1. The fraction of sp³-hybridized carbons (Fsp3) is 0.692. The lowest BCUT2D eigenvalue weighted by atomic mass is 9.94. The predicted octanol–water partition coefficient (Wildman–Crippen LogP) is 5.13. The minimum Gasteiger partial charge on any atom is -0.300 e. The Kier molecular flexibility index (Phi) is 7.44. The van der Waals surface area contributed by atoms with Crippen LogP contribution in [0.3, 0.4) is 0 Å². The quantitative estimate of drug-likeness (QED) is 0.590. The van der Waals surface area contributed by atoms with Crippen LogP contribution in [0.25, 0.3) is 0 Å². The van der Waals surface area contributed by atoms with Crippen LogP contribution >= 0.6 is 0 Å². The highest BCUT2D eigenvalue weighted by Crippen LogP contribution is 2.29. The molecule has 2 aromatic heterocycles. The normalized spacial score (nSPS) is 19.2. The second-order valence-corrected chi connectivity index (χ2v) is 10.1. The summed E-state index contributed by atoms with van der Waals surface area (Å²) >= 11 is 0. The van der Waals surface area contributed by atoms with Crippen molar-refractivity contribution in [2.45, 2.75) is 91.4 Å². The minimum atomic E-state index is 0.402. The second kappa shape index (κ2) is 10.3. The highest BCUT2D eigenvalue weighted by molar-refractivity contribution is 5.25. The first kappa shape index (κ1) is 22.5. The standard InChI is InChI=1S/C26H41N5/c1-20(2)31-22(4)26(21(3)28-31)19-29(18-24-8-7-13-27-16-24)17-23-11-14-30(15-12-23)25-9-5-6-10-25/h7-8,13,16,20,23,25H,5-6,9-12,14-15,17-19H2,1-4H3. The van der Waals surface area contributed by atoms with E-state index in [2.05, 4.69) is 59.3 Å². The van der Waals surface area contributed by atoms with Gasteiger partial charge >= 0.3 is 0 Å². The van der Waals surface area contributed by atoms with E-state index in [-0.39, 0.29) is 0 Å².